The van der Waals surface area contributed by atoms with Gasteiger partial charge in [-0.05, 0) is 12.8 Å². The molecule has 64 valence electrons. The van der Waals surface area contributed by atoms with E-state index in [9.17, 15) is 17.6 Å². The molecule has 1 saturated carbocycles. The monoisotopic (exact) mass is 169 g/mol. The number of rotatable bonds is 0. The van der Waals surface area contributed by atoms with Crippen molar-refractivity contribution in [1.29, 1.82) is 0 Å². The Morgan fingerprint density at radius 1 is 1.00 bits per heavy atom. The van der Waals surface area contributed by atoms with E-state index >= 15 is 0 Å². The smallest absolute Gasteiger partial charge is 0.300 e. The van der Waals surface area contributed by atoms with Crippen LogP contribution in [0.5, 0.6) is 0 Å². The standard InChI is InChI=1S/C6H7F4N/c7-5(8)3-11-4(1-2-4)6(5,9)10/h11H,1-3H2. The van der Waals surface area contributed by atoms with Gasteiger partial charge in [0.15, 0.2) is 0 Å². The lowest BCUT2D eigenvalue weighted by Crippen LogP contribution is -2.46. The Labute approximate surface area is 60.8 Å². The molecule has 2 rings (SSSR count). The molecule has 0 radical (unpaired) electrons. The normalized spacial score (nSPS) is 36.0. The fraction of sp³-hybridized carbons (Fsp3) is 1.00. The summed E-state index contributed by atoms with van der Waals surface area (Å²) in [7, 11) is 0. The van der Waals surface area contributed by atoms with Gasteiger partial charge in [0.25, 0.3) is 0 Å². The highest BCUT2D eigenvalue weighted by atomic mass is 19.3. The zero-order chi connectivity index (χ0) is 8.33. The predicted molar refractivity (Wildman–Crippen MR) is 29.9 cm³/mol. The van der Waals surface area contributed by atoms with Crippen molar-refractivity contribution in [3.8, 4) is 0 Å². The van der Waals surface area contributed by atoms with E-state index in [2.05, 4.69) is 5.32 Å². The molecule has 0 aromatic heterocycles. The minimum Gasteiger partial charge on any atom is -0.300 e. The van der Waals surface area contributed by atoms with Gasteiger partial charge in [0.05, 0.1) is 12.1 Å². The van der Waals surface area contributed by atoms with E-state index in [1.54, 1.807) is 0 Å². The molecule has 11 heavy (non-hydrogen) atoms. The zero-order valence-corrected chi connectivity index (χ0v) is 5.63. The van der Waals surface area contributed by atoms with E-state index in [1.807, 2.05) is 0 Å². The molecule has 2 fully saturated rings. The van der Waals surface area contributed by atoms with Gasteiger partial charge in [0.1, 0.15) is 0 Å². The van der Waals surface area contributed by atoms with E-state index < -0.39 is 23.9 Å². The molecule has 2 aliphatic rings. The van der Waals surface area contributed by atoms with Crippen molar-refractivity contribution in [2.24, 2.45) is 0 Å². The van der Waals surface area contributed by atoms with Crippen LogP contribution in [0.25, 0.3) is 0 Å². The summed E-state index contributed by atoms with van der Waals surface area (Å²) < 4.78 is 50.4. The molecule has 1 aliphatic heterocycles. The van der Waals surface area contributed by atoms with Crippen LogP contribution in [-0.2, 0) is 0 Å². The van der Waals surface area contributed by atoms with E-state index in [0.29, 0.717) is 0 Å². The molecule has 5 heteroatoms. The predicted octanol–water partition coefficient (Wildman–Crippen LogP) is 1.39. The van der Waals surface area contributed by atoms with Crippen molar-refractivity contribution in [3.63, 3.8) is 0 Å². The molecule has 0 bridgehead atoms. The average molecular weight is 169 g/mol. The highest BCUT2D eigenvalue weighted by molar-refractivity contribution is 5.21. The minimum absolute atomic E-state index is 0.162. The maximum absolute atomic E-state index is 12.8. The van der Waals surface area contributed by atoms with Crippen molar-refractivity contribution in [2.75, 3.05) is 6.54 Å². The largest absolute Gasteiger partial charge is 0.329 e. The van der Waals surface area contributed by atoms with Crippen molar-refractivity contribution >= 4 is 0 Å². The summed E-state index contributed by atoms with van der Waals surface area (Å²) in [5.74, 6) is -7.70. The Hall–Kier alpha value is -0.320. The summed E-state index contributed by atoms with van der Waals surface area (Å²) in [6.07, 6.45) is 0.325. The number of hydrogen-bond donors (Lipinski definition) is 1. The van der Waals surface area contributed by atoms with Crippen molar-refractivity contribution in [1.82, 2.24) is 5.32 Å². The third-order valence-electron chi connectivity index (χ3n) is 2.46. The summed E-state index contributed by atoms with van der Waals surface area (Å²) in [4.78, 5) is 0. The van der Waals surface area contributed by atoms with Crippen LogP contribution < -0.4 is 5.32 Å². The Kier molecular flexibility index (Phi) is 1.03. The Morgan fingerprint density at radius 2 is 1.55 bits per heavy atom. The third-order valence-corrected chi connectivity index (χ3v) is 2.46. The lowest BCUT2D eigenvalue weighted by molar-refractivity contribution is -0.191. The molecule has 1 aliphatic carbocycles. The van der Waals surface area contributed by atoms with Gasteiger partial charge in [-0.25, -0.2) is 0 Å². The van der Waals surface area contributed by atoms with Crippen molar-refractivity contribution in [2.45, 2.75) is 30.2 Å². The van der Waals surface area contributed by atoms with Crippen LogP contribution in [0, 0.1) is 0 Å². The van der Waals surface area contributed by atoms with Gasteiger partial charge >= 0.3 is 11.8 Å². The second-order valence-electron chi connectivity index (χ2n) is 3.21. The fourth-order valence-corrected chi connectivity index (χ4v) is 1.47. The van der Waals surface area contributed by atoms with Gasteiger partial charge in [-0.3, -0.25) is 5.32 Å². The molecule has 0 aromatic rings. The first-order valence-corrected chi connectivity index (χ1v) is 3.42. The molecule has 0 atom stereocenters. The molecular weight excluding hydrogens is 162 g/mol. The van der Waals surface area contributed by atoms with Crippen molar-refractivity contribution < 1.29 is 17.6 Å². The SMILES string of the molecule is FC1(F)CNC2(CC2)C1(F)F. The Bertz CT molecular complexity index is 189. The number of nitrogens with one attached hydrogen (secondary N) is 1. The van der Waals surface area contributed by atoms with Gasteiger partial charge in [-0.1, -0.05) is 0 Å². The first-order valence-electron chi connectivity index (χ1n) is 3.42. The van der Waals surface area contributed by atoms with Gasteiger partial charge in [-0.15, -0.1) is 0 Å². The zero-order valence-electron chi connectivity index (χ0n) is 5.63. The first kappa shape index (κ1) is 7.34. The molecule has 0 amide bonds. The van der Waals surface area contributed by atoms with E-state index in [4.69, 9.17) is 0 Å². The third kappa shape index (κ3) is 0.648. The van der Waals surface area contributed by atoms with Crippen molar-refractivity contribution in [3.05, 3.63) is 0 Å². The molecule has 1 saturated heterocycles. The van der Waals surface area contributed by atoms with Crippen LogP contribution in [0.1, 0.15) is 12.8 Å². The summed E-state index contributed by atoms with van der Waals surface area (Å²) in [5, 5.41) is 2.19. The number of halogens is 4. The molecule has 1 heterocycles. The molecule has 1 N–H and O–H groups in total. The highest BCUT2D eigenvalue weighted by Gasteiger charge is 2.77. The Morgan fingerprint density at radius 3 is 1.73 bits per heavy atom. The first-order chi connectivity index (χ1) is 4.91. The summed E-state index contributed by atoms with van der Waals surface area (Å²) in [5.41, 5.74) is -1.56. The summed E-state index contributed by atoms with van der Waals surface area (Å²) in [6.45, 7) is -0.889. The average Bonchev–Trinajstić information content (AvgIpc) is 2.60. The molecule has 1 nitrogen and oxygen atoms in total. The minimum atomic E-state index is -3.86. The van der Waals surface area contributed by atoms with Crippen LogP contribution in [0.2, 0.25) is 0 Å². The van der Waals surface area contributed by atoms with E-state index in [1.165, 1.54) is 0 Å². The lowest BCUT2D eigenvalue weighted by atomic mass is 10.1. The summed E-state index contributed by atoms with van der Waals surface area (Å²) >= 11 is 0. The van der Waals surface area contributed by atoms with Crippen LogP contribution in [0.3, 0.4) is 0 Å². The maximum atomic E-state index is 12.8. The highest BCUT2D eigenvalue weighted by Crippen LogP contribution is 2.58. The number of alkyl halides is 4. The van der Waals surface area contributed by atoms with Crippen LogP contribution >= 0.6 is 0 Å². The van der Waals surface area contributed by atoms with Gasteiger partial charge in [0.2, 0.25) is 0 Å². The lowest BCUT2D eigenvalue weighted by Gasteiger charge is -2.21. The molecular formula is C6H7F4N. The maximum Gasteiger partial charge on any atom is 0.329 e. The second-order valence-corrected chi connectivity index (χ2v) is 3.21. The quantitative estimate of drug-likeness (QED) is 0.540. The van der Waals surface area contributed by atoms with Gasteiger partial charge < -0.3 is 0 Å². The number of hydrogen-bond acceptors (Lipinski definition) is 1. The summed E-state index contributed by atoms with van der Waals surface area (Å²) in [6, 6.07) is 0. The molecule has 0 unspecified atom stereocenters. The topological polar surface area (TPSA) is 12.0 Å². The van der Waals surface area contributed by atoms with E-state index in [-0.39, 0.29) is 12.8 Å². The second kappa shape index (κ2) is 1.55. The molecule has 1 spiro atoms. The Balaban J connectivity index is 2.34. The van der Waals surface area contributed by atoms with Gasteiger partial charge in [0, 0.05) is 0 Å². The fourth-order valence-electron chi connectivity index (χ4n) is 1.47. The van der Waals surface area contributed by atoms with Crippen LogP contribution in [0.15, 0.2) is 0 Å². The van der Waals surface area contributed by atoms with E-state index in [0.717, 1.165) is 0 Å². The van der Waals surface area contributed by atoms with Crippen LogP contribution in [-0.4, -0.2) is 23.9 Å². The van der Waals surface area contributed by atoms with Gasteiger partial charge in [-0.2, -0.15) is 17.6 Å². The van der Waals surface area contributed by atoms with Crippen LogP contribution in [0.4, 0.5) is 17.6 Å². The molecule has 0 aromatic carbocycles.